The number of aryl methyl sites for hydroxylation is 1. The predicted molar refractivity (Wildman–Crippen MR) is 136 cm³/mol. The lowest BCUT2D eigenvalue weighted by Crippen LogP contribution is -2.39. The molecule has 182 valence electrons. The molecule has 34 heavy (non-hydrogen) atoms. The van der Waals surface area contributed by atoms with Crippen molar-refractivity contribution in [1.82, 2.24) is 19.2 Å². The smallest absolute Gasteiger partial charge is 0.247 e. The molecule has 1 atom stereocenters. The Bertz CT molecular complexity index is 1040. The molecular weight excluding hydrogens is 453 g/mol. The van der Waals surface area contributed by atoms with Gasteiger partial charge in [-0.1, -0.05) is 13.5 Å². The Hall–Kier alpha value is -2.69. The van der Waals surface area contributed by atoms with E-state index in [0.717, 1.165) is 61.6 Å². The molecule has 0 radical (unpaired) electrons. The zero-order valence-electron chi connectivity index (χ0n) is 19.8. The van der Waals surface area contributed by atoms with E-state index in [-0.39, 0.29) is 5.91 Å². The molecule has 2 fully saturated rings. The van der Waals surface area contributed by atoms with Crippen LogP contribution in [0.4, 0.5) is 27.3 Å². The second kappa shape index (κ2) is 11.2. The van der Waals surface area contributed by atoms with Crippen molar-refractivity contribution in [2.45, 2.75) is 37.5 Å². The van der Waals surface area contributed by atoms with Crippen molar-refractivity contribution in [2.75, 3.05) is 55.3 Å². The van der Waals surface area contributed by atoms with Crippen LogP contribution in [0.15, 0.2) is 42.2 Å². The lowest BCUT2D eigenvalue weighted by molar-refractivity contribution is -0.111. The molecule has 10 heteroatoms. The normalized spacial score (nSPS) is 19.3. The summed E-state index contributed by atoms with van der Waals surface area (Å²) in [7, 11) is 2.14. The van der Waals surface area contributed by atoms with Gasteiger partial charge in [-0.15, -0.1) is 0 Å². The SMILES string of the molecule is C=CC(=O)Nc1cc(Nc2cc(SN3CC[C@@H]3F)ncn2)c(CC)cc1N1CCCN(C)CC1. The lowest BCUT2D eigenvalue weighted by Gasteiger charge is -2.33. The fourth-order valence-corrected chi connectivity index (χ4v) is 4.94. The van der Waals surface area contributed by atoms with E-state index in [4.69, 9.17) is 0 Å². The third kappa shape index (κ3) is 5.86. The Balaban J connectivity index is 1.62. The summed E-state index contributed by atoms with van der Waals surface area (Å²) in [6.07, 6.45) is 4.26. The van der Waals surface area contributed by atoms with Crippen molar-refractivity contribution < 1.29 is 9.18 Å². The summed E-state index contributed by atoms with van der Waals surface area (Å²) in [4.78, 5) is 25.5. The van der Waals surface area contributed by atoms with E-state index in [0.29, 0.717) is 23.8 Å². The maximum absolute atomic E-state index is 13.6. The monoisotopic (exact) mass is 485 g/mol. The molecule has 2 aliphatic heterocycles. The average molecular weight is 486 g/mol. The second-order valence-electron chi connectivity index (χ2n) is 8.54. The number of hydrogen-bond donors (Lipinski definition) is 2. The Morgan fingerprint density at radius 2 is 2.06 bits per heavy atom. The van der Waals surface area contributed by atoms with E-state index in [1.807, 2.05) is 12.1 Å². The minimum atomic E-state index is -0.926. The maximum Gasteiger partial charge on any atom is 0.247 e. The molecule has 0 aliphatic carbocycles. The Morgan fingerprint density at radius 3 is 2.76 bits per heavy atom. The average Bonchev–Trinajstić information content (AvgIpc) is 3.06. The molecule has 2 saturated heterocycles. The van der Waals surface area contributed by atoms with Gasteiger partial charge in [-0.3, -0.25) is 4.79 Å². The first kappa shape index (κ1) is 24.4. The number of amides is 1. The van der Waals surface area contributed by atoms with E-state index in [2.05, 4.69) is 57.0 Å². The fourth-order valence-electron chi connectivity index (χ4n) is 4.02. The molecule has 1 aromatic carbocycles. The van der Waals surface area contributed by atoms with E-state index in [9.17, 15) is 9.18 Å². The van der Waals surface area contributed by atoms with Gasteiger partial charge in [0.25, 0.3) is 0 Å². The number of nitrogens with zero attached hydrogens (tertiary/aromatic N) is 5. The first-order chi connectivity index (χ1) is 16.5. The summed E-state index contributed by atoms with van der Waals surface area (Å²) in [5.41, 5.74) is 3.72. The highest BCUT2D eigenvalue weighted by Gasteiger charge is 2.29. The number of rotatable bonds is 8. The van der Waals surface area contributed by atoms with Crippen molar-refractivity contribution >= 4 is 40.7 Å². The van der Waals surface area contributed by atoms with Crippen LogP contribution in [0.2, 0.25) is 0 Å². The van der Waals surface area contributed by atoms with Crippen molar-refractivity contribution in [3.05, 3.63) is 42.7 Å². The topological polar surface area (TPSA) is 76.6 Å². The highest BCUT2D eigenvalue weighted by Crippen LogP contribution is 2.36. The van der Waals surface area contributed by atoms with Gasteiger partial charge in [0.05, 0.1) is 11.4 Å². The number of hydrogen-bond acceptors (Lipinski definition) is 8. The molecule has 2 N–H and O–H groups in total. The second-order valence-corrected chi connectivity index (χ2v) is 9.61. The minimum Gasteiger partial charge on any atom is -0.369 e. The first-order valence-electron chi connectivity index (χ1n) is 11.7. The maximum atomic E-state index is 13.6. The number of benzene rings is 1. The molecule has 3 heterocycles. The van der Waals surface area contributed by atoms with Crippen LogP contribution in [0.3, 0.4) is 0 Å². The molecule has 4 rings (SSSR count). The van der Waals surface area contributed by atoms with Crippen molar-refractivity contribution in [1.29, 1.82) is 0 Å². The van der Waals surface area contributed by atoms with Crippen LogP contribution in [0.5, 0.6) is 0 Å². The predicted octanol–water partition coefficient (Wildman–Crippen LogP) is 4.06. The molecule has 0 bridgehead atoms. The van der Waals surface area contributed by atoms with Crippen LogP contribution in [0.1, 0.15) is 25.3 Å². The Morgan fingerprint density at radius 1 is 1.21 bits per heavy atom. The van der Waals surface area contributed by atoms with Gasteiger partial charge in [0.1, 0.15) is 17.2 Å². The van der Waals surface area contributed by atoms with E-state index < -0.39 is 6.30 Å². The molecule has 0 saturated carbocycles. The summed E-state index contributed by atoms with van der Waals surface area (Å²) < 4.78 is 15.3. The zero-order valence-corrected chi connectivity index (χ0v) is 20.6. The summed E-state index contributed by atoms with van der Waals surface area (Å²) in [5.74, 6) is 0.368. The number of nitrogens with one attached hydrogen (secondary N) is 2. The first-order valence-corrected chi connectivity index (χ1v) is 12.5. The van der Waals surface area contributed by atoms with Gasteiger partial charge in [0, 0.05) is 44.4 Å². The van der Waals surface area contributed by atoms with Crippen LogP contribution in [0.25, 0.3) is 0 Å². The Kier molecular flexibility index (Phi) is 8.02. The van der Waals surface area contributed by atoms with Gasteiger partial charge in [0.2, 0.25) is 5.91 Å². The Labute approximate surface area is 204 Å². The number of halogens is 1. The number of alkyl halides is 1. The van der Waals surface area contributed by atoms with E-state index in [1.54, 1.807) is 4.31 Å². The zero-order chi connectivity index (χ0) is 24.1. The van der Waals surface area contributed by atoms with Crippen LogP contribution in [-0.2, 0) is 11.2 Å². The fraction of sp³-hybridized carbons (Fsp3) is 0.458. The van der Waals surface area contributed by atoms with Gasteiger partial charge >= 0.3 is 0 Å². The molecule has 2 aliphatic rings. The largest absolute Gasteiger partial charge is 0.369 e. The number of carbonyl (C=O) groups is 1. The number of carbonyl (C=O) groups excluding carboxylic acids is 1. The van der Waals surface area contributed by atoms with E-state index in [1.165, 1.54) is 24.4 Å². The summed E-state index contributed by atoms with van der Waals surface area (Å²) >= 11 is 1.30. The molecule has 2 aromatic rings. The molecular formula is C24H32FN7OS. The molecule has 0 unspecified atom stereocenters. The van der Waals surface area contributed by atoms with E-state index >= 15 is 0 Å². The van der Waals surface area contributed by atoms with Gasteiger partial charge in [-0.2, -0.15) is 0 Å². The van der Waals surface area contributed by atoms with Crippen LogP contribution in [-0.4, -0.2) is 71.1 Å². The van der Waals surface area contributed by atoms with Crippen molar-refractivity contribution in [2.24, 2.45) is 0 Å². The van der Waals surface area contributed by atoms with Gasteiger partial charge < -0.3 is 20.4 Å². The van der Waals surface area contributed by atoms with Crippen LogP contribution < -0.4 is 15.5 Å². The summed E-state index contributed by atoms with van der Waals surface area (Å²) in [6.45, 7) is 10.3. The van der Waals surface area contributed by atoms with Crippen molar-refractivity contribution in [3.63, 3.8) is 0 Å². The quantitative estimate of drug-likeness (QED) is 0.251. The third-order valence-electron chi connectivity index (χ3n) is 6.12. The molecule has 1 amide bonds. The minimum absolute atomic E-state index is 0.251. The third-order valence-corrected chi connectivity index (χ3v) is 7.18. The standard InChI is InChI=1S/C24H32FN7OS/c1-4-17-13-20(31-9-6-8-30(3)11-12-31)19(29-23(33)5-2)14-18(17)28-22-15-24(27-16-26-22)34-32-10-7-21(32)25/h5,13-16,21H,2,4,6-12H2,1,3H3,(H,29,33)(H,26,27,28)/t21-/m1/s1. The number of anilines is 4. The molecule has 0 spiro atoms. The van der Waals surface area contributed by atoms with Crippen LogP contribution in [0, 0.1) is 0 Å². The summed E-state index contributed by atoms with van der Waals surface area (Å²) in [5, 5.41) is 7.06. The highest BCUT2D eigenvalue weighted by atomic mass is 32.2. The van der Waals surface area contributed by atoms with Gasteiger partial charge in [0.15, 0.2) is 6.30 Å². The highest BCUT2D eigenvalue weighted by molar-refractivity contribution is 7.97. The van der Waals surface area contributed by atoms with Gasteiger partial charge in [-0.05, 0) is 62.2 Å². The summed E-state index contributed by atoms with van der Waals surface area (Å²) in [6, 6.07) is 5.93. The number of aromatic nitrogens is 2. The van der Waals surface area contributed by atoms with Crippen LogP contribution >= 0.6 is 11.9 Å². The lowest BCUT2D eigenvalue weighted by atomic mass is 10.1. The number of likely N-dealkylation sites (N-methyl/N-ethyl adjacent to an activating group) is 1. The van der Waals surface area contributed by atoms with Gasteiger partial charge in [-0.25, -0.2) is 18.7 Å². The molecule has 8 nitrogen and oxygen atoms in total. The molecule has 1 aromatic heterocycles. The van der Waals surface area contributed by atoms with Crippen molar-refractivity contribution in [3.8, 4) is 0 Å².